The first-order valence-corrected chi connectivity index (χ1v) is 8.44. The van der Waals surface area contributed by atoms with E-state index in [2.05, 4.69) is 20.7 Å². The van der Waals surface area contributed by atoms with Crippen molar-refractivity contribution in [3.8, 4) is 28.5 Å². The van der Waals surface area contributed by atoms with Gasteiger partial charge in [0.2, 0.25) is 0 Å². The molecule has 0 atom stereocenters. The summed E-state index contributed by atoms with van der Waals surface area (Å²) < 4.78 is 10.6. The molecule has 3 rings (SSSR count). The van der Waals surface area contributed by atoms with Crippen LogP contribution in [0.3, 0.4) is 0 Å². The summed E-state index contributed by atoms with van der Waals surface area (Å²) in [5, 5.41) is 20.8. The first kappa shape index (κ1) is 19.0. The Balaban J connectivity index is 1.80. The zero-order chi connectivity index (χ0) is 20.1. The number of para-hydroxylation sites is 1. The Bertz CT molecular complexity index is 1030. The van der Waals surface area contributed by atoms with Gasteiger partial charge < -0.3 is 14.6 Å². The molecule has 144 valence electrons. The highest BCUT2D eigenvalue weighted by atomic mass is 16.5. The second-order valence-electron chi connectivity index (χ2n) is 5.89. The van der Waals surface area contributed by atoms with Gasteiger partial charge in [0.05, 0.1) is 25.6 Å². The number of carbonyl (C=O) groups is 1. The topological polar surface area (TPSA) is 109 Å². The molecule has 0 aliphatic heterocycles. The highest BCUT2D eigenvalue weighted by molar-refractivity contribution is 6.02. The zero-order valence-electron chi connectivity index (χ0n) is 15.7. The number of rotatable bonds is 6. The van der Waals surface area contributed by atoms with Crippen molar-refractivity contribution in [1.82, 2.24) is 15.6 Å². The first-order chi connectivity index (χ1) is 13.5. The van der Waals surface area contributed by atoms with Crippen molar-refractivity contribution in [1.29, 1.82) is 0 Å². The standard InChI is InChI=1S/C20H20N4O4/c1-12(14-6-4-5-7-18(14)25)21-24-20(26)17-11-16(22-23-17)15-10-13(27-2)8-9-19(15)28-3/h4-11,25H,1-3H3,(H,22,23)(H,24,26)/b21-12+. The van der Waals surface area contributed by atoms with E-state index in [9.17, 15) is 9.90 Å². The number of hydrazone groups is 1. The van der Waals surface area contributed by atoms with Crippen LogP contribution in [0, 0.1) is 0 Å². The molecular weight excluding hydrogens is 360 g/mol. The molecule has 1 aromatic heterocycles. The van der Waals surface area contributed by atoms with Gasteiger partial charge in [-0.05, 0) is 43.3 Å². The number of phenolic OH excluding ortho intramolecular Hbond substituents is 1. The Kier molecular flexibility index (Phi) is 5.59. The number of nitrogens with one attached hydrogen (secondary N) is 2. The molecule has 0 saturated heterocycles. The lowest BCUT2D eigenvalue weighted by Gasteiger charge is -2.08. The number of aromatic hydroxyl groups is 1. The number of hydrogen-bond donors (Lipinski definition) is 3. The van der Waals surface area contributed by atoms with Gasteiger partial charge in [-0.2, -0.15) is 10.2 Å². The maximum Gasteiger partial charge on any atom is 0.289 e. The summed E-state index contributed by atoms with van der Waals surface area (Å²) in [5.74, 6) is 0.878. The summed E-state index contributed by atoms with van der Waals surface area (Å²) in [6.45, 7) is 1.69. The van der Waals surface area contributed by atoms with Crippen LogP contribution in [-0.4, -0.2) is 41.1 Å². The summed E-state index contributed by atoms with van der Waals surface area (Å²) in [6, 6.07) is 13.7. The van der Waals surface area contributed by atoms with E-state index in [0.29, 0.717) is 34.0 Å². The van der Waals surface area contributed by atoms with Crippen LogP contribution >= 0.6 is 0 Å². The van der Waals surface area contributed by atoms with E-state index in [-0.39, 0.29) is 11.4 Å². The number of nitrogens with zero attached hydrogens (tertiary/aromatic N) is 2. The van der Waals surface area contributed by atoms with E-state index >= 15 is 0 Å². The molecule has 0 spiro atoms. The van der Waals surface area contributed by atoms with Crippen LogP contribution in [0.2, 0.25) is 0 Å². The van der Waals surface area contributed by atoms with Crippen LogP contribution in [-0.2, 0) is 0 Å². The largest absolute Gasteiger partial charge is 0.507 e. The number of phenols is 1. The molecule has 0 saturated carbocycles. The molecular formula is C20H20N4O4. The molecule has 0 aliphatic carbocycles. The Morgan fingerprint density at radius 2 is 1.93 bits per heavy atom. The Morgan fingerprint density at radius 3 is 2.64 bits per heavy atom. The van der Waals surface area contributed by atoms with Crippen molar-refractivity contribution in [2.45, 2.75) is 6.92 Å². The van der Waals surface area contributed by atoms with E-state index in [1.165, 1.54) is 0 Å². The second-order valence-corrected chi connectivity index (χ2v) is 5.89. The van der Waals surface area contributed by atoms with Crippen LogP contribution < -0.4 is 14.9 Å². The fraction of sp³-hybridized carbons (Fsp3) is 0.150. The monoisotopic (exact) mass is 380 g/mol. The number of methoxy groups -OCH3 is 2. The maximum atomic E-state index is 12.4. The van der Waals surface area contributed by atoms with E-state index < -0.39 is 5.91 Å². The van der Waals surface area contributed by atoms with E-state index in [4.69, 9.17) is 9.47 Å². The summed E-state index contributed by atoms with van der Waals surface area (Å²) >= 11 is 0. The first-order valence-electron chi connectivity index (χ1n) is 8.44. The Labute approximate surface area is 161 Å². The number of H-pyrrole nitrogens is 1. The lowest BCUT2D eigenvalue weighted by molar-refractivity contribution is 0.0950. The number of carbonyl (C=O) groups excluding carboxylic acids is 1. The molecule has 3 aromatic rings. The lowest BCUT2D eigenvalue weighted by Crippen LogP contribution is -2.19. The molecule has 1 heterocycles. The third kappa shape index (κ3) is 3.96. The minimum Gasteiger partial charge on any atom is -0.507 e. The quantitative estimate of drug-likeness (QED) is 0.450. The molecule has 0 aliphatic rings. The highest BCUT2D eigenvalue weighted by Crippen LogP contribution is 2.32. The lowest BCUT2D eigenvalue weighted by atomic mass is 10.1. The average Bonchev–Trinajstić information content (AvgIpc) is 3.21. The number of benzene rings is 2. The van der Waals surface area contributed by atoms with Crippen LogP contribution in [0.5, 0.6) is 17.2 Å². The number of aromatic amines is 1. The third-order valence-corrected chi connectivity index (χ3v) is 4.12. The number of ether oxygens (including phenoxy) is 2. The van der Waals surface area contributed by atoms with Crippen LogP contribution in [0.4, 0.5) is 0 Å². The number of amides is 1. The molecule has 0 radical (unpaired) electrons. The molecule has 1 amide bonds. The highest BCUT2D eigenvalue weighted by Gasteiger charge is 2.15. The molecule has 2 aromatic carbocycles. The maximum absolute atomic E-state index is 12.4. The van der Waals surface area contributed by atoms with Crippen molar-refractivity contribution in [3.05, 3.63) is 59.8 Å². The fourth-order valence-electron chi connectivity index (χ4n) is 2.62. The van der Waals surface area contributed by atoms with Crippen molar-refractivity contribution in [2.24, 2.45) is 5.10 Å². The van der Waals surface area contributed by atoms with E-state index in [1.807, 2.05) is 0 Å². The Hall–Kier alpha value is -3.81. The predicted octanol–water partition coefficient (Wildman–Crippen LogP) is 2.95. The Morgan fingerprint density at radius 1 is 1.14 bits per heavy atom. The number of aromatic nitrogens is 2. The SMILES string of the molecule is COc1ccc(OC)c(-c2cc(C(=O)N/N=C(\C)c3ccccc3O)[nH]n2)c1. The molecule has 28 heavy (non-hydrogen) atoms. The van der Waals surface area contributed by atoms with Gasteiger partial charge in [0.15, 0.2) is 0 Å². The van der Waals surface area contributed by atoms with E-state index in [0.717, 1.165) is 0 Å². The van der Waals surface area contributed by atoms with Gasteiger partial charge in [-0.15, -0.1) is 0 Å². The molecule has 8 heteroatoms. The van der Waals surface area contributed by atoms with Crippen molar-refractivity contribution in [3.63, 3.8) is 0 Å². The van der Waals surface area contributed by atoms with Crippen molar-refractivity contribution in [2.75, 3.05) is 14.2 Å². The minimum atomic E-state index is -0.463. The zero-order valence-corrected chi connectivity index (χ0v) is 15.7. The van der Waals surface area contributed by atoms with Gasteiger partial charge >= 0.3 is 0 Å². The van der Waals surface area contributed by atoms with Gasteiger partial charge in [-0.25, -0.2) is 5.43 Å². The second kappa shape index (κ2) is 8.26. The van der Waals surface area contributed by atoms with Gasteiger partial charge in [-0.3, -0.25) is 9.89 Å². The average molecular weight is 380 g/mol. The molecule has 0 fully saturated rings. The molecule has 3 N–H and O–H groups in total. The van der Waals surface area contributed by atoms with Crippen LogP contribution in [0.25, 0.3) is 11.3 Å². The molecule has 8 nitrogen and oxygen atoms in total. The normalized spacial score (nSPS) is 11.2. The summed E-state index contributed by atoms with van der Waals surface area (Å²) in [7, 11) is 3.13. The van der Waals surface area contributed by atoms with Gasteiger partial charge in [-0.1, -0.05) is 12.1 Å². The van der Waals surface area contributed by atoms with Crippen LogP contribution in [0.15, 0.2) is 53.6 Å². The molecule has 0 bridgehead atoms. The predicted molar refractivity (Wildman–Crippen MR) is 105 cm³/mol. The van der Waals surface area contributed by atoms with Gasteiger partial charge in [0, 0.05) is 11.1 Å². The van der Waals surface area contributed by atoms with Gasteiger partial charge in [0.1, 0.15) is 22.9 Å². The van der Waals surface area contributed by atoms with Gasteiger partial charge in [0.25, 0.3) is 5.91 Å². The van der Waals surface area contributed by atoms with Crippen molar-refractivity contribution < 1.29 is 19.4 Å². The van der Waals surface area contributed by atoms with Crippen molar-refractivity contribution >= 4 is 11.6 Å². The minimum absolute atomic E-state index is 0.0898. The summed E-state index contributed by atoms with van der Waals surface area (Å²) in [5.41, 5.74) is 4.91. The fourth-order valence-corrected chi connectivity index (χ4v) is 2.62. The van der Waals surface area contributed by atoms with Crippen LogP contribution in [0.1, 0.15) is 23.0 Å². The smallest absolute Gasteiger partial charge is 0.289 e. The summed E-state index contributed by atoms with van der Waals surface area (Å²) in [6.07, 6.45) is 0. The number of hydrogen-bond acceptors (Lipinski definition) is 6. The van der Waals surface area contributed by atoms with E-state index in [1.54, 1.807) is 69.7 Å². The summed E-state index contributed by atoms with van der Waals surface area (Å²) in [4.78, 5) is 12.4. The molecule has 0 unspecified atom stereocenters. The third-order valence-electron chi connectivity index (χ3n) is 4.12.